The highest BCUT2D eigenvalue weighted by Gasteiger charge is 2.41. The number of halogens is 1. The van der Waals surface area contributed by atoms with Crippen molar-refractivity contribution in [2.24, 2.45) is 0 Å². The highest BCUT2D eigenvalue weighted by atomic mass is 35.5. The van der Waals surface area contributed by atoms with E-state index in [2.05, 4.69) is 16.0 Å². The number of anilines is 4. The third-order valence-corrected chi connectivity index (χ3v) is 8.68. The summed E-state index contributed by atoms with van der Waals surface area (Å²) in [5, 5.41) is 9.01. The maximum atomic E-state index is 14.1. The molecule has 1 heterocycles. The van der Waals surface area contributed by atoms with Crippen LogP contribution in [0.3, 0.4) is 0 Å². The highest BCUT2D eigenvalue weighted by molar-refractivity contribution is 6.30. The minimum Gasteiger partial charge on any atom is -0.464 e. The molecule has 3 N–H and O–H groups in total. The van der Waals surface area contributed by atoms with Gasteiger partial charge in [-0.1, -0.05) is 84.4 Å². The molecule has 0 spiro atoms. The van der Waals surface area contributed by atoms with Gasteiger partial charge in [0.25, 0.3) is 5.91 Å². The summed E-state index contributed by atoms with van der Waals surface area (Å²) < 4.78 is 11.5. The number of hydrogen-bond acceptors (Lipinski definition) is 6. The molecule has 0 fully saturated rings. The summed E-state index contributed by atoms with van der Waals surface area (Å²) in [4.78, 5) is 54.3. The number of ether oxygens (including phenoxy) is 2. The number of carbonyl (C=O) groups excluding carboxylic acids is 4. The van der Waals surface area contributed by atoms with Gasteiger partial charge >= 0.3 is 12.0 Å². The van der Waals surface area contributed by atoms with E-state index in [0.29, 0.717) is 33.2 Å². The van der Waals surface area contributed by atoms with Gasteiger partial charge in [-0.05, 0) is 84.6 Å². The molecule has 1 aliphatic heterocycles. The van der Waals surface area contributed by atoms with Crippen LogP contribution >= 0.6 is 11.6 Å². The molecule has 0 saturated carbocycles. The number of carbonyl (C=O) groups is 4. The van der Waals surface area contributed by atoms with E-state index < -0.39 is 24.1 Å². The Bertz CT molecular complexity index is 2090. The first-order chi connectivity index (χ1) is 25.2. The molecule has 5 aromatic carbocycles. The molecule has 11 heteroatoms. The molecule has 4 amide bonds. The van der Waals surface area contributed by atoms with Crippen LogP contribution in [-0.4, -0.2) is 36.5 Å². The Kier molecular flexibility index (Phi) is 11.3. The molecule has 2 unspecified atom stereocenters. The van der Waals surface area contributed by atoms with Crippen molar-refractivity contribution in [1.82, 2.24) is 0 Å². The Balaban J connectivity index is 1.16. The first-order valence-electron chi connectivity index (χ1n) is 16.8. The van der Waals surface area contributed by atoms with Crippen LogP contribution in [-0.2, 0) is 36.8 Å². The van der Waals surface area contributed by atoms with E-state index in [-0.39, 0.29) is 31.5 Å². The predicted molar refractivity (Wildman–Crippen MR) is 201 cm³/mol. The average molecular weight is 717 g/mol. The van der Waals surface area contributed by atoms with E-state index in [9.17, 15) is 19.2 Å². The first kappa shape index (κ1) is 35.8. The molecule has 264 valence electrons. The fourth-order valence-electron chi connectivity index (χ4n) is 5.96. The Morgan fingerprint density at radius 3 is 2.29 bits per heavy atom. The molecule has 0 saturated heterocycles. The molecular formula is C41H37ClN4O6. The van der Waals surface area contributed by atoms with Crippen LogP contribution in [0.1, 0.15) is 40.8 Å². The Labute approximate surface area is 306 Å². The standard InChI is InChI=1S/C41H37ClN4O6/c1-3-51-40(49)38-39(48)46(35-21-18-30(42)24-33(35)37(52-38)29-12-5-4-6-13-29)25-28-11-9-14-32(22-28)43-36(47)23-27-16-19-31(20-17-27)44-41(50)45-34-15-8-7-10-26(34)2/h4-22,24,37-38H,3,23,25H2,1-2H3,(H,43,47)(H2,44,45,50). The van der Waals surface area contributed by atoms with Crippen LogP contribution in [0.5, 0.6) is 0 Å². The predicted octanol–water partition coefficient (Wildman–Crippen LogP) is 8.06. The van der Waals surface area contributed by atoms with Crippen LogP contribution < -0.4 is 20.9 Å². The molecule has 1 aliphatic rings. The fraction of sp³-hybridized carbons (Fsp3) is 0.171. The number of urea groups is 1. The maximum Gasteiger partial charge on any atom is 0.345 e. The molecule has 0 aromatic heterocycles. The minimum atomic E-state index is -1.52. The van der Waals surface area contributed by atoms with Gasteiger partial charge in [0.05, 0.1) is 25.3 Å². The van der Waals surface area contributed by atoms with Crippen molar-refractivity contribution in [2.45, 2.75) is 39.0 Å². The third-order valence-electron chi connectivity index (χ3n) is 8.45. The van der Waals surface area contributed by atoms with Crippen LogP contribution in [0, 0.1) is 6.92 Å². The lowest BCUT2D eigenvalue weighted by molar-refractivity contribution is -0.163. The van der Waals surface area contributed by atoms with E-state index in [1.807, 2.05) is 67.6 Å². The van der Waals surface area contributed by atoms with Crippen LogP contribution in [0.25, 0.3) is 0 Å². The van der Waals surface area contributed by atoms with Crippen molar-refractivity contribution in [1.29, 1.82) is 0 Å². The number of amides is 4. The SMILES string of the molecule is CCOC(=O)C1OC(c2ccccc2)c2cc(Cl)ccc2N(Cc2cccc(NC(=O)Cc3ccc(NC(=O)Nc4ccccc4C)cc3)c2)C1=O. The lowest BCUT2D eigenvalue weighted by Gasteiger charge is -2.25. The number of nitrogens with one attached hydrogen (secondary N) is 3. The number of rotatable bonds is 10. The summed E-state index contributed by atoms with van der Waals surface area (Å²) >= 11 is 6.45. The average Bonchev–Trinajstić information content (AvgIpc) is 3.24. The Morgan fingerprint density at radius 1 is 0.788 bits per heavy atom. The van der Waals surface area contributed by atoms with Gasteiger partial charge in [0.2, 0.25) is 12.0 Å². The van der Waals surface area contributed by atoms with Crippen LogP contribution in [0.4, 0.5) is 27.5 Å². The second-order valence-corrected chi connectivity index (χ2v) is 12.6. The van der Waals surface area contributed by atoms with Crippen LogP contribution in [0.2, 0.25) is 5.02 Å². The van der Waals surface area contributed by atoms with Gasteiger partial charge in [-0.2, -0.15) is 0 Å². The zero-order valence-corrected chi connectivity index (χ0v) is 29.4. The van der Waals surface area contributed by atoms with Gasteiger partial charge in [-0.25, -0.2) is 9.59 Å². The summed E-state index contributed by atoms with van der Waals surface area (Å²) in [6.07, 6.45) is -2.20. The number of nitrogens with zero attached hydrogens (tertiary/aromatic N) is 1. The third kappa shape index (κ3) is 8.66. The lowest BCUT2D eigenvalue weighted by Crippen LogP contribution is -2.44. The maximum absolute atomic E-state index is 14.1. The van der Waals surface area contributed by atoms with Gasteiger partial charge in [0, 0.05) is 27.6 Å². The second-order valence-electron chi connectivity index (χ2n) is 12.2. The Hall–Kier alpha value is -5.97. The topological polar surface area (TPSA) is 126 Å². The highest BCUT2D eigenvalue weighted by Crippen LogP contribution is 2.40. The van der Waals surface area contributed by atoms with Crippen molar-refractivity contribution in [2.75, 3.05) is 27.5 Å². The van der Waals surface area contributed by atoms with E-state index >= 15 is 0 Å². The number of aryl methyl sites for hydroxylation is 1. The largest absolute Gasteiger partial charge is 0.464 e. The van der Waals surface area contributed by atoms with Gasteiger partial charge in [-0.3, -0.25) is 9.59 Å². The van der Waals surface area contributed by atoms with Gasteiger partial charge in [0.15, 0.2) is 0 Å². The fourth-order valence-corrected chi connectivity index (χ4v) is 6.14. The summed E-state index contributed by atoms with van der Waals surface area (Å²) in [5.74, 6) is -1.62. The number of hydrogen-bond donors (Lipinski definition) is 3. The number of esters is 1. The summed E-state index contributed by atoms with van der Waals surface area (Å²) in [6, 6.07) is 35.8. The molecule has 10 nitrogen and oxygen atoms in total. The molecule has 5 aromatic rings. The molecular weight excluding hydrogens is 680 g/mol. The smallest absolute Gasteiger partial charge is 0.345 e. The van der Waals surface area contributed by atoms with Gasteiger partial charge in [-0.15, -0.1) is 0 Å². The van der Waals surface area contributed by atoms with Gasteiger partial charge < -0.3 is 30.3 Å². The van der Waals surface area contributed by atoms with Crippen molar-refractivity contribution < 1.29 is 28.7 Å². The van der Waals surface area contributed by atoms with Gasteiger partial charge in [0.1, 0.15) is 6.10 Å². The second kappa shape index (κ2) is 16.4. The lowest BCUT2D eigenvalue weighted by atomic mass is 9.99. The quantitative estimate of drug-likeness (QED) is 0.0992. The number of benzene rings is 5. The van der Waals surface area contributed by atoms with Crippen LogP contribution in [0.15, 0.2) is 121 Å². The van der Waals surface area contributed by atoms with Crippen molar-refractivity contribution in [3.05, 3.63) is 154 Å². The summed E-state index contributed by atoms with van der Waals surface area (Å²) in [6.45, 7) is 3.73. The molecule has 0 radical (unpaired) electrons. The zero-order valence-electron chi connectivity index (χ0n) is 28.6. The Morgan fingerprint density at radius 2 is 1.54 bits per heavy atom. The molecule has 0 bridgehead atoms. The van der Waals surface area contributed by atoms with E-state index in [1.54, 1.807) is 67.6 Å². The van der Waals surface area contributed by atoms with Crippen molar-refractivity contribution >= 4 is 58.2 Å². The van der Waals surface area contributed by atoms with Crippen molar-refractivity contribution in [3.63, 3.8) is 0 Å². The van der Waals surface area contributed by atoms with E-state index in [0.717, 1.165) is 22.4 Å². The molecule has 6 rings (SSSR count). The van der Waals surface area contributed by atoms with E-state index in [4.69, 9.17) is 21.1 Å². The normalized spacial score (nSPS) is 15.2. The molecule has 0 aliphatic carbocycles. The summed E-state index contributed by atoms with van der Waals surface area (Å²) in [7, 11) is 0. The van der Waals surface area contributed by atoms with E-state index in [1.165, 1.54) is 4.90 Å². The first-order valence-corrected chi connectivity index (χ1v) is 17.2. The van der Waals surface area contributed by atoms with Crippen molar-refractivity contribution in [3.8, 4) is 0 Å². The number of para-hydroxylation sites is 1. The minimum absolute atomic E-state index is 0.0732. The molecule has 52 heavy (non-hydrogen) atoms. The monoisotopic (exact) mass is 716 g/mol. The summed E-state index contributed by atoms with van der Waals surface area (Å²) in [5.41, 5.74) is 6.14. The number of fused-ring (bicyclic) bond motifs is 1. The molecule has 2 atom stereocenters. The zero-order chi connectivity index (χ0) is 36.6.